The molecule has 0 aliphatic heterocycles. The van der Waals surface area contributed by atoms with Crippen LogP contribution in [0.2, 0.25) is 0 Å². The van der Waals surface area contributed by atoms with Gasteiger partial charge in [0, 0.05) is 11.6 Å². The number of methoxy groups -OCH3 is 4. The minimum atomic E-state index is -1.87. The van der Waals surface area contributed by atoms with Crippen molar-refractivity contribution in [2.24, 2.45) is 5.92 Å². The highest BCUT2D eigenvalue weighted by Gasteiger charge is 2.38. The molecular formula is C17H21NO9. The van der Waals surface area contributed by atoms with Crippen molar-refractivity contribution < 1.29 is 42.9 Å². The Kier molecular flexibility index (Phi) is 8.05. The van der Waals surface area contributed by atoms with Crippen molar-refractivity contribution in [3.8, 4) is 11.5 Å². The summed E-state index contributed by atoms with van der Waals surface area (Å²) in [4.78, 5) is 48.5. The van der Waals surface area contributed by atoms with E-state index in [0.29, 0.717) is 0 Å². The first-order valence-corrected chi connectivity index (χ1v) is 7.74. The summed E-state index contributed by atoms with van der Waals surface area (Å²) in [6.45, 7) is 1.69. The molecule has 148 valence electrons. The van der Waals surface area contributed by atoms with Crippen molar-refractivity contribution in [3.05, 3.63) is 17.7 Å². The standard InChI is InChI=1S/C17H21NO9/c1-6-27-17(22)18-10-8-12(24-3)11(23-2)7-9(10)14(19)13(15(20)25-4)16(21)26-5/h7-8,13H,6H2,1-5H3,(H,18,22). The number of carbonyl (C=O) groups is 4. The number of hydrogen-bond donors (Lipinski definition) is 1. The minimum Gasteiger partial charge on any atom is -0.493 e. The van der Waals surface area contributed by atoms with E-state index < -0.39 is 29.7 Å². The molecule has 1 amide bonds. The third-order valence-electron chi connectivity index (χ3n) is 3.44. The van der Waals surface area contributed by atoms with Gasteiger partial charge in [-0.1, -0.05) is 0 Å². The Balaban J connectivity index is 3.51. The second-order valence-electron chi connectivity index (χ2n) is 4.94. The Hall–Kier alpha value is -3.30. The SMILES string of the molecule is CCOC(=O)Nc1cc(OC)c(OC)cc1C(=O)C(C(=O)OC)C(=O)OC. The maximum Gasteiger partial charge on any atom is 0.411 e. The van der Waals surface area contributed by atoms with Crippen LogP contribution in [0.25, 0.3) is 0 Å². The molecule has 0 saturated carbocycles. The third-order valence-corrected chi connectivity index (χ3v) is 3.44. The minimum absolute atomic E-state index is 0.0473. The van der Waals surface area contributed by atoms with Gasteiger partial charge in [0.25, 0.3) is 0 Å². The van der Waals surface area contributed by atoms with E-state index >= 15 is 0 Å². The maximum atomic E-state index is 12.9. The zero-order valence-electron chi connectivity index (χ0n) is 15.6. The predicted molar refractivity (Wildman–Crippen MR) is 92.0 cm³/mol. The number of rotatable bonds is 8. The van der Waals surface area contributed by atoms with Gasteiger partial charge in [-0.15, -0.1) is 0 Å². The summed E-state index contributed by atoms with van der Waals surface area (Å²) in [5, 5.41) is 2.37. The molecule has 0 fully saturated rings. The molecule has 10 heteroatoms. The van der Waals surface area contributed by atoms with Crippen LogP contribution in [-0.4, -0.2) is 58.9 Å². The van der Waals surface area contributed by atoms with Crippen LogP contribution in [0.1, 0.15) is 17.3 Å². The van der Waals surface area contributed by atoms with Crippen LogP contribution in [0.5, 0.6) is 11.5 Å². The van der Waals surface area contributed by atoms with E-state index in [2.05, 4.69) is 14.8 Å². The van der Waals surface area contributed by atoms with Gasteiger partial charge in [-0.05, 0) is 13.0 Å². The molecule has 1 N–H and O–H groups in total. The predicted octanol–water partition coefficient (Wildman–Crippen LogP) is 1.42. The third kappa shape index (κ3) is 5.09. The molecule has 0 aliphatic carbocycles. The summed E-state index contributed by atoms with van der Waals surface area (Å²) in [7, 11) is 4.75. The van der Waals surface area contributed by atoms with E-state index in [9.17, 15) is 19.2 Å². The second kappa shape index (κ2) is 10.00. The maximum absolute atomic E-state index is 12.9. The van der Waals surface area contributed by atoms with E-state index in [-0.39, 0.29) is 29.4 Å². The molecule has 1 aromatic rings. The lowest BCUT2D eigenvalue weighted by molar-refractivity contribution is -0.155. The number of carbonyl (C=O) groups excluding carboxylic acids is 4. The highest BCUT2D eigenvalue weighted by molar-refractivity contribution is 6.23. The number of hydrogen-bond acceptors (Lipinski definition) is 9. The Labute approximate surface area is 155 Å². The van der Waals surface area contributed by atoms with Crippen LogP contribution in [0.3, 0.4) is 0 Å². The van der Waals surface area contributed by atoms with E-state index in [1.165, 1.54) is 26.4 Å². The number of Topliss-reactive ketones (excluding diaryl/α,β-unsaturated/α-hetero) is 1. The van der Waals surface area contributed by atoms with Gasteiger partial charge in [-0.25, -0.2) is 4.79 Å². The zero-order valence-corrected chi connectivity index (χ0v) is 15.6. The van der Waals surface area contributed by atoms with Crippen LogP contribution < -0.4 is 14.8 Å². The zero-order chi connectivity index (χ0) is 20.6. The topological polar surface area (TPSA) is 126 Å². The van der Waals surface area contributed by atoms with Crippen molar-refractivity contribution in [3.63, 3.8) is 0 Å². The number of amides is 1. The normalized spacial score (nSPS) is 10.0. The molecule has 0 bridgehead atoms. The number of benzene rings is 1. The lowest BCUT2D eigenvalue weighted by Crippen LogP contribution is -2.34. The Morgan fingerprint density at radius 1 is 0.926 bits per heavy atom. The van der Waals surface area contributed by atoms with Crippen molar-refractivity contribution in [2.75, 3.05) is 40.4 Å². The average Bonchev–Trinajstić information content (AvgIpc) is 2.67. The molecular weight excluding hydrogens is 362 g/mol. The molecule has 10 nitrogen and oxygen atoms in total. The molecule has 0 aliphatic rings. The van der Waals surface area contributed by atoms with Crippen molar-refractivity contribution in [1.29, 1.82) is 0 Å². The van der Waals surface area contributed by atoms with Crippen LogP contribution in [0.15, 0.2) is 12.1 Å². The van der Waals surface area contributed by atoms with Crippen LogP contribution in [0, 0.1) is 5.92 Å². The molecule has 27 heavy (non-hydrogen) atoms. The van der Waals surface area contributed by atoms with Crippen molar-refractivity contribution in [2.45, 2.75) is 6.92 Å². The van der Waals surface area contributed by atoms with Gasteiger partial charge in [-0.2, -0.15) is 0 Å². The Bertz CT molecular complexity index is 713. The summed E-state index contributed by atoms with van der Waals surface area (Å²) in [6.07, 6.45) is -0.841. The van der Waals surface area contributed by atoms with Gasteiger partial charge in [0.05, 0.1) is 40.7 Å². The summed E-state index contributed by atoms with van der Waals surface area (Å²) in [6, 6.07) is 2.52. The molecule has 0 spiro atoms. The number of ether oxygens (including phenoxy) is 5. The number of ketones is 1. The number of esters is 2. The van der Waals surface area contributed by atoms with E-state index in [1.807, 2.05) is 0 Å². The van der Waals surface area contributed by atoms with Gasteiger partial charge in [0.2, 0.25) is 5.92 Å². The first-order chi connectivity index (χ1) is 12.8. The van der Waals surface area contributed by atoms with Crippen LogP contribution >= 0.6 is 0 Å². The molecule has 0 atom stereocenters. The molecule has 0 radical (unpaired) electrons. The first-order valence-electron chi connectivity index (χ1n) is 7.74. The smallest absolute Gasteiger partial charge is 0.411 e. The number of nitrogens with one attached hydrogen (secondary N) is 1. The first kappa shape index (κ1) is 21.7. The van der Waals surface area contributed by atoms with Gasteiger partial charge in [0.1, 0.15) is 0 Å². The van der Waals surface area contributed by atoms with Crippen molar-refractivity contribution >= 4 is 29.5 Å². The van der Waals surface area contributed by atoms with E-state index in [0.717, 1.165) is 14.2 Å². The van der Waals surface area contributed by atoms with Gasteiger partial charge in [-0.3, -0.25) is 19.7 Å². The average molecular weight is 383 g/mol. The van der Waals surface area contributed by atoms with E-state index in [1.54, 1.807) is 6.92 Å². The van der Waals surface area contributed by atoms with Gasteiger partial charge in [0.15, 0.2) is 17.3 Å². The lowest BCUT2D eigenvalue weighted by Gasteiger charge is -2.17. The molecule has 1 rings (SSSR count). The highest BCUT2D eigenvalue weighted by Crippen LogP contribution is 2.35. The van der Waals surface area contributed by atoms with Crippen molar-refractivity contribution in [1.82, 2.24) is 0 Å². The highest BCUT2D eigenvalue weighted by atomic mass is 16.6. The molecule has 0 aromatic heterocycles. The van der Waals surface area contributed by atoms with Gasteiger partial charge >= 0.3 is 18.0 Å². The molecule has 1 aromatic carbocycles. The van der Waals surface area contributed by atoms with E-state index in [4.69, 9.17) is 14.2 Å². The molecule has 0 unspecified atom stereocenters. The largest absolute Gasteiger partial charge is 0.493 e. The molecule has 0 saturated heterocycles. The number of anilines is 1. The fourth-order valence-electron chi connectivity index (χ4n) is 2.16. The fourth-order valence-corrected chi connectivity index (χ4v) is 2.16. The molecule has 0 heterocycles. The summed E-state index contributed by atoms with van der Waals surface area (Å²) in [5.74, 6) is -4.70. The Morgan fingerprint density at radius 2 is 1.44 bits per heavy atom. The van der Waals surface area contributed by atoms with Crippen LogP contribution in [0.4, 0.5) is 10.5 Å². The van der Waals surface area contributed by atoms with Gasteiger partial charge < -0.3 is 23.7 Å². The summed E-state index contributed by atoms with van der Waals surface area (Å²) in [5.41, 5.74) is -0.240. The fraction of sp³-hybridized carbons (Fsp3) is 0.412. The second-order valence-corrected chi connectivity index (χ2v) is 4.94. The van der Waals surface area contributed by atoms with Crippen LogP contribution in [-0.2, 0) is 23.8 Å². The quantitative estimate of drug-likeness (QED) is 0.307. The monoisotopic (exact) mass is 383 g/mol. The summed E-state index contributed by atoms with van der Waals surface area (Å²) >= 11 is 0. The Morgan fingerprint density at radius 3 is 1.89 bits per heavy atom. The lowest BCUT2D eigenvalue weighted by atomic mass is 9.95. The summed E-state index contributed by atoms with van der Waals surface area (Å²) < 4.78 is 24.1.